The van der Waals surface area contributed by atoms with E-state index in [2.05, 4.69) is 10.3 Å². The van der Waals surface area contributed by atoms with E-state index in [1.165, 1.54) is 4.88 Å². The van der Waals surface area contributed by atoms with E-state index in [-0.39, 0.29) is 11.8 Å². The van der Waals surface area contributed by atoms with Crippen molar-refractivity contribution in [2.75, 3.05) is 19.0 Å². The lowest BCUT2D eigenvalue weighted by atomic mass is 10.2. The number of aromatic nitrogens is 2. The van der Waals surface area contributed by atoms with Gasteiger partial charge < -0.3 is 14.8 Å². The molecule has 1 N–H and O–H groups in total. The van der Waals surface area contributed by atoms with Gasteiger partial charge in [0.1, 0.15) is 0 Å². The van der Waals surface area contributed by atoms with E-state index in [0.717, 1.165) is 22.4 Å². The highest BCUT2D eigenvalue weighted by molar-refractivity contribution is 7.16. The van der Waals surface area contributed by atoms with E-state index in [0.29, 0.717) is 12.5 Å². The zero-order valence-electron chi connectivity index (χ0n) is 12.8. The average Bonchev–Trinajstić information content (AvgIpc) is 3.02. The molecule has 0 unspecified atom stereocenters. The molecule has 22 heavy (non-hydrogen) atoms. The van der Waals surface area contributed by atoms with Crippen LogP contribution in [0.15, 0.2) is 18.3 Å². The first-order valence-electron chi connectivity index (χ1n) is 7.18. The molecule has 2 aromatic rings. The topological polar surface area (TPSA) is 50.2 Å². The van der Waals surface area contributed by atoms with E-state index in [9.17, 15) is 4.79 Å². The molecule has 0 spiro atoms. The molecule has 1 amide bonds. The Bertz CT molecular complexity index is 694. The molecule has 2 atom stereocenters. The molecule has 5 nitrogen and oxygen atoms in total. The van der Waals surface area contributed by atoms with Crippen molar-refractivity contribution in [1.82, 2.24) is 14.9 Å². The molecule has 0 aliphatic heterocycles. The lowest BCUT2D eigenvalue weighted by Crippen LogP contribution is -2.26. The summed E-state index contributed by atoms with van der Waals surface area (Å²) >= 11 is 7.52. The lowest BCUT2D eigenvalue weighted by Gasteiger charge is -2.12. The number of nitrogens with zero attached hydrogens (tertiary/aromatic N) is 3. The van der Waals surface area contributed by atoms with E-state index in [1.54, 1.807) is 17.5 Å². The molecule has 7 heteroatoms. The fraction of sp³-hybridized carbons (Fsp3) is 0.467. The van der Waals surface area contributed by atoms with Crippen molar-refractivity contribution in [3.05, 3.63) is 33.2 Å². The summed E-state index contributed by atoms with van der Waals surface area (Å²) in [6, 6.07) is 3.92. The van der Waals surface area contributed by atoms with Crippen LogP contribution in [0, 0.1) is 5.92 Å². The van der Waals surface area contributed by atoms with Gasteiger partial charge in [0, 0.05) is 37.9 Å². The number of hydrogen-bond donors (Lipinski definition) is 1. The van der Waals surface area contributed by atoms with Crippen LogP contribution in [0.2, 0.25) is 4.34 Å². The van der Waals surface area contributed by atoms with Gasteiger partial charge in [-0.25, -0.2) is 4.98 Å². The van der Waals surface area contributed by atoms with Crippen LogP contribution in [0.1, 0.15) is 22.9 Å². The maximum Gasteiger partial charge on any atom is 0.224 e. The molecule has 1 saturated carbocycles. The zero-order valence-corrected chi connectivity index (χ0v) is 14.4. The third kappa shape index (κ3) is 2.98. The maximum absolute atomic E-state index is 12.2. The van der Waals surface area contributed by atoms with Crippen LogP contribution in [0.3, 0.4) is 0 Å². The van der Waals surface area contributed by atoms with Crippen LogP contribution in [-0.4, -0.2) is 29.6 Å². The van der Waals surface area contributed by atoms with Gasteiger partial charge in [-0.2, -0.15) is 0 Å². The number of imidazole rings is 1. The lowest BCUT2D eigenvalue weighted by molar-refractivity contribution is -0.122. The van der Waals surface area contributed by atoms with Crippen molar-refractivity contribution in [3.8, 4) is 0 Å². The van der Waals surface area contributed by atoms with E-state index < -0.39 is 0 Å². The molecule has 0 aromatic carbocycles. The van der Waals surface area contributed by atoms with E-state index >= 15 is 0 Å². The summed E-state index contributed by atoms with van der Waals surface area (Å²) in [7, 11) is 5.86. The van der Waals surface area contributed by atoms with Crippen LogP contribution >= 0.6 is 22.9 Å². The standard InChI is InChI=1S/C15H19ClN4OS/c1-19(2)15-18-8-9(20(15)3)7-17-14(21)11-6-10(11)12-4-5-13(16)22-12/h4-5,8,10-11H,6-7H2,1-3H3,(H,17,21)/t10-,11-/m1/s1. The SMILES string of the molecule is CN(C)c1ncc(CNC(=O)[C@@H]2C[C@H]2c2ccc(Cl)s2)n1C. The van der Waals surface area contributed by atoms with Gasteiger partial charge in [0.15, 0.2) is 0 Å². The van der Waals surface area contributed by atoms with Crippen LogP contribution < -0.4 is 10.2 Å². The molecule has 1 fully saturated rings. The monoisotopic (exact) mass is 338 g/mol. The molecule has 2 heterocycles. The van der Waals surface area contributed by atoms with Crippen LogP contribution in [-0.2, 0) is 18.4 Å². The Morgan fingerprint density at radius 1 is 1.55 bits per heavy atom. The molecular formula is C15H19ClN4OS. The smallest absolute Gasteiger partial charge is 0.224 e. The molecule has 1 aliphatic carbocycles. The fourth-order valence-corrected chi connectivity index (χ4v) is 3.89. The number of halogens is 1. The Morgan fingerprint density at radius 3 is 2.91 bits per heavy atom. The zero-order chi connectivity index (χ0) is 15.9. The minimum absolute atomic E-state index is 0.0799. The molecule has 0 radical (unpaired) electrons. The number of carbonyl (C=O) groups excluding carboxylic acids is 1. The van der Waals surface area contributed by atoms with Crippen LogP contribution in [0.4, 0.5) is 5.95 Å². The van der Waals surface area contributed by atoms with E-state index in [4.69, 9.17) is 11.6 Å². The fourth-order valence-electron chi connectivity index (χ4n) is 2.65. The van der Waals surface area contributed by atoms with Gasteiger partial charge in [0.05, 0.1) is 22.8 Å². The first-order valence-corrected chi connectivity index (χ1v) is 8.37. The predicted octanol–water partition coefficient (Wildman–Crippen LogP) is 2.62. The van der Waals surface area contributed by atoms with Crippen molar-refractivity contribution in [2.45, 2.75) is 18.9 Å². The highest BCUT2D eigenvalue weighted by atomic mass is 35.5. The first kappa shape index (κ1) is 15.4. The summed E-state index contributed by atoms with van der Waals surface area (Å²) in [5.41, 5.74) is 0.994. The second-order valence-corrected chi connectivity index (χ2v) is 7.56. The van der Waals surface area contributed by atoms with Crippen molar-refractivity contribution >= 4 is 34.8 Å². The third-order valence-electron chi connectivity index (χ3n) is 3.99. The van der Waals surface area contributed by atoms with Gasteiger partial charge >= 0.3 is 0 Å². The second-order valence-electron chi connectivity index (χ2n) is 5.81. The number of hydrogen-bond acceptors (Lipinski definition) is 4. The van der Waals surface area contributed by atoms with Gasteiger partial charge in [-0.05, 0) is 18.6 Å². The predicted molar refractivity (Wildman–Crippen MR) is 89.6 cm³/mol. The van der Waals surface area contributed by atoms with Crippen LogP contribution in [0.25, 0.3) is 0 Å². The summed E-state index contributed by atoms with van der Waals surface area (Å²) in [4.78, 5) is 19.7. The number of amides is 1. The van der Waals surface area contributed by atoms with Gasteiger partial charge in [0.25, 0.3) is 0 Å². The molecule has 0 saturated heterocycles. The second kappa shape index (κ2) is 5.93. The number of nitrogens with one attached hydrogen (secondary N) is 1. The summed E-state index contributed by atoms with van der Waals surface area (Å²) in [5.74, 6) is 1.40. The Labute approximate surface area is 138 Å². The third-order valence-corrected chi connectivity index (χ3v) is 5.35. The normalized spacial score (nSPS) is 20.0. The summed E-state index contributed by atoms with van der Waals surface area (Å²) in [6.07, 6.45) is 2.72. The van der Waals surface area contributed by atoms with Gasteiger partial charge in [-0.1, -0.05) is 11.6 Å². The van der Waals surface area contributed by atoms with Crippen LogP contribution in [0.5, 0.6) is 0 Å². The molecule has 3 rings (SSSR count). The highest BCUT2D eigenvalue weighted by Gasteiger charge is 2.44. The molecular weight excluding hydrogens is 320 g/mol. The Balaban J connectivity index is 1.55. The minimum Gasteiger partial charge on any atom is -0.350 e. The first-order chi connectivity index (χ1) is 10.5. The van der Waals surface area contributed by atoms with Crippen molar-refractivity contribution < 1.29 is 4.79 Å². The van der Waals surface area contributed by atoms with E-state index in [1.807, 2.05) is 42.7 Å². The summed E-state index contributed by atoms with van der Waals surface area (Å²) < 4.78 is 2.77. The summed E-state index contributed by atoms with van der Waals surface area (Å²) in [6.45, 7) is 0.505. The minimum atomic E-state index is 0.0799. The van der Waals surface area contributed by atoms with Crippen molar-refractivity contribution in [1.29, 1.82) is 0 Å². The number of anilines is 1. The Morgan fingerprint density at radius 2 is 2.32 bits per heavy atom. The largest absolute Gasteiger partial charge is 0.350 e. The maximum atomic E-state index is 12.2. The summed E-state index contributed by atoms with van der Waals surface area (Å²) in [5, 5.41) is 3.01. The number of thiophene rings is 1. The van der Waals surface area contributed by atoms with Crippen molar-refractivity contribution in [2.24, 2.45) is 13.0 Å². The highest BCUT2D eigenvalue weighted by Crippen LogP contribution is 2.50. The molecule has 1 aliphatic rings. The average molecular weight is 339 g/mol. The van der Waals surface area contributed by atoms with Gasteiger partial charge in [-0.3, -0.25) is 4.79 Å². The van der Waals surface area contributed by atoms with Gasteiger partial charge in [-0.15, -0.1) is 11.3 Å². The Hall–Kier alpha value is -1.53. The molecule has 2 aromatic heterocycles. The molecule has 0 bridgehead atoms. The molecule has 118 valence electrons. The van der Waals surface area contributed by atoms with Crippen molar-refractivity contribution in [3.63, 3.8) is 0 Å². The van der Waals surface area contributed by atoms with Gasteiger partial charge in [0.2, 0.25) is 11.9 Å². The number of carbonyl (C=O) groups is 1. The quantitative estimate of drug-likeness (QED) is 0.911. The Kier molecular flexibility index (Phi) is 4.14. The number of rotatable bonds is 5.